The van der Waals surface area contributed by atoms with Gasteiger partial charge in [-0.05, 0) is 24.3 Å². The molecule has 1 amide bonds. The van der Waals surface area contributed by atoms with E-state index >= 15 is 0 Å². The number of rotatable bonds is 4. The summed E-state index contributed by atoms with van der Waals surface area (Å²) >= 11 is 6.08. The molecule has 3 heterocycles. The average molecular weight is 404 g/mol. The average Bonchev–Trinajstić information content (AvgIpc) is 3.04. The molecule has 1 fully saturated rings. The number of hydrogen-bond acceptors (Lipinski definition) is 5. The van der Waals surface area contributed by atoms with Gasteiger partial charge in [0, 0.05) is 44.1 Å². The number of benzene rings is 1. The van der Waals surface area contributed by atoms with Gasteiger partial charge in [-0.25, -0.2) is 9.67 Å². The maximum atomic E-state index is 13.9. The molecular formula is C19H19ClFN5O2. The lowest BCUT2D eigenvalue weighted by Gasteiger charge is -2.36. The standard InChI is InChI=1S/C19H19ClFN5O2/c1-28-16-11-13(4-5-15(16)20)24-7-9-25(10-8-24)17(27)12-26-19-14(18(21)23-26)3-2-6-22-19/h2-6,11H,7-10,12H2,1H3. The SMILES string of the molecule is COc1cc(N2CCN(C(=O)Cn3nc(F)c4cccnc43)CC2)ccc1Cl. The largest absolute Gasteiger partial charge is 0.495 e. The molecule has 3 aromatic rings. The molecule has 28 heavy (non-hydrogen) atoms. The third-order valence-electron chi connectivity index (χ3n) is 4.88. The summed E-state index contributed by atoms with van der Waals surface area (Å²) in [5.74, 6) is -0.0986. The predicted octanol–water partition coefficient (Wildman–Crippen LogP) is 2.58. The molecule has 4 rings (SSSR count). The Morgan fingerprint density at radius 2 is 2.04 bits per heavy atom. The highest BCUT2D eigenvalue weighted by atomic mass is 35.5. The van der Waals surface area contributed by atoms with Crippen molar-refractivity contribution >= 4 is 34.2 Å². The number of hydrogen-bond donors (Lipinski definition) is 0. The van der Waals surface area contributed by atoms with E-state index in [0.29, 0.717) is 48.0 Å². The fourth-order valence-electron chi connectivity index (χ4n) is 3.37. The minimum atomic E-state index is -0.614. The quantitative estimate of drug-likeness (QED) is 0.670. The first kappa shape index (κ1) is 18.5. The van der Waals surface area contributed by atoms with E-state index in [1.54, 1.807) is 36.4 Å². The Morgan fingerprint density at radius 1 is 1.25 bits per heavy atom. The van der Waals surface area contributed by atoms with Crippen LogP contribution in [0.25, 0.3) is 11.0 Å². The summed E-state index contributed by atoms with van der Waals surface area (Å²) in [6, 6.07) is 8.88. The van der Waals surface area contributed by atoms with Crippen LogP contribution in [0.5, 0.6) is 5.75 Å². The molecule has 0 unspecified atom stereocenters. The zero-order valence-corrected chi connectivity index (χ0v) is 16.1. The van der Waals surface area contributed by atoms with Gasteiger partial charge in [-0.3, -0.25) is 4.79 Å². The highest BCUT2D eigenvalue weighted by Gasteiger charge is 2.23. The molecular weight excluding hydrogens is 385 g/mol. The summed E-state index contributed by atoms with van der Waals surface area (Å²) in [6.07, 6.45) is 1.56. The highest BCUT2D eigenvalue weighted by molar-refractivity contribution is 6.32. The molecule has 146 valence electrons. The number of carbonyl (C=O) groups excluding carboxylic acids is 1. The fraction of sp³-hybridized carbons (Fsp3) is 0.316. The van der Waals surface area contributed by atoms with Crippen LogP contribution >= 0.6 is 11.6 Å². The lowest BCUT2D eigenvalue weighted by atomic mass is 10.2. The second-order valence-electron chi connectivity index (χ2n) is 6.51. The lowest BCUT2D eigenvalue weighted by molar-refractivity contribution is -0.132. The molecule has 0 N–H and O–H groups in total. The number of pyridine rings is 1. The highest BCUT2D eigenvalue weighted by Crippen LogP contribution is 2.29. The normalized spacial score (nSPS) is 14.5. The van der Waals surface area contributed by atoms with E-state index < -0.39 is 5.95 Å². The van der Waals surface area contributed by atoms with Crippen LogP contribution < -0.4 is 9.64 Å². The lowest BCUT2D eigenvalue weighted by Crippen LogP contribution is -2.49. The maximum Gasteiger partial charge on any atom is 0.244 e. The number of aromatic nitrogens is 3. The van der Waals surface area contributed by atoms with Crippen LogP contribution in [0.2, 0.25) is 5.02 Å². The van der Waals surface area contributed by atoms with Crippen LogP contribution in [0.4, 0.5) is 10.1 Å². The van der Waals surface area contributed by atoms with Gasteiger partial charge < -0.3 is 14.5 Å². The molecule has 1 aliphatic heterocycles. The van der Waals surface area contributed by atoms with E-state index in [4.69, 9.17) is 16.3 Å². The Hall–Kier alpha value is -2.87. The number of fused-ring (bicyclic) bond motifs is 1. The van der Waals surface area contributed by atoms with Crippen molar-refractivity contribution in [2.75, 3.05) is 38.2 Å². The van der Waals surface area contributed by atoms with Crippen molar-refractivity contribution in [3.8, 4) is 5.75 Å². The van der Waals surface area contributed by atoms with Gasteiger partial charge >= 0.3 is 0 Å². The topological polar surface area (TPSA) is 63.5 Å². The maximum absolute atomic E-state index is 13.9. The van der Waals surface area contributed by atoms with Crippen molar-refractivity contribution in [2.24, 2.45) is 0 Å². The van der Waals surface area contributed by atoms with Crippen LogP contribution in [0.15, 0.2) is 36.5 Å². The van der Waals surface area contributed by atoms with Gasteiger partial charge in [0.15, 0.2) is 5.65 Å². The van der Waals surface area contributed by atoms with Crippen LogP contribution in [-0.4, -0.2) is 58.9 Å². The molecule has 0 bridgehead atoms. The van der Waals surface area contributed by atoms with Gasteiger partial charge in [-0.15, -0.1) is 5.10 Å². The van der Waals surface area contributed by atoms with Gasteiger partial charge in [0.05, 0.1) is 17.5 Å². The van der Waals surface area contributed by atoms with Crippen LogP contribution in [-0.2, 0) is 11.3 Å². The van der Waals surface area contributed by atoms with Gasteiger partial charge in [-0.2, -0.15) is 4.39 Å². The molecule has 0 atom stereocenters. The van der Waals surface area contributed by atoms with Crippen molar-refractivity contribution in [1.82, 2.24) is 19.7 Å². The van der Waals surface area contributed by atoms with E-state index in [0.717, 1.165) is 5.69 Å². The van der Waals surface area contributed by atoms with Crippen molar-refractivity contribution in [1.29, 1.82) is 0 Å². The van der Waals surface area contributed by atoms with Crippen molar-refractivity contribution < 1.29 is 13.9 Å². The first-order valence-corrected chi connectivity index (χ1v) is 9.28. The molecule has 7 nitrogen and oxygen atoms in total. The summed E-state index contributed by atoms with van der Waals surface area (Å²) in [5.41, 5.74) is 1.37. The molecule has 1 aliphatic rings. The Bertz CT molecular complexity index is 1020. The Labute approximate surface area is 166 Å². The van der Waals surface area contributed by atoms with E-state index in [9.17, 15) is 9.18 Å². The monoisotopic (exact) mass is 403 g/mol. The molecule has 1 saturated heterocycles. The number of amides is 1. The Morgan fingerprint density at radius 3 is 2.79 bits per heavy atom. The van der Waals surface area contributed by atoms with E-state index in [1.807, 2.05) is 12.1 Å². The summed E-state index contributed by atoms with van der Waals surface area (Å²) in [5, 5.41) is 4.70. The molecule has 1 aromatic carbocycles. The third-order valence-corrected chi connectivity index (χ3v) is 5.19. The van der Waals surface area contributed by atoms with Gasteiger partial charge in [-0.1, -0.05) is 11.6 Å². The minimum absolute atomic E-state index is 0.0355. The van der Waals surface area contributed by atoms with Crippen molar-refractivity contribution in [3.05, 3.63) is 47.5 Å². The molecule has 0 spiro atoms. The zero-order valence-electron chi connectivity index (χ0n) is 15.3. The Kier molecular flexibility index (Phi) is 5.04. The molecule has 0 radical (unpaired) electrons. The second kappa shape index (κ2) is 7.63. The molecule has 0 aliphatic carbocycles. The summed E-state index contributed by atoms with van der Waals surface area (Å²) in [6.45, 7) is 2.47. The van der Waals surface area contributed by atoms with Crippen LogP contribution in [0, 0.1) is 5.95 Å². The first-order chi connectivity index (χ1) is 13.6. The van der Waals surface area contributed by atoms with E-state index in [-0.39, 0.29) is 12.5 Å². The number of anilines is 1. The summed E-state index contributed by atoms with van der Waals surface area (Å²) < 4.78 is 20.5. The fourth-order valence-corrected chi connectivity index (χ4v) is 3.56. The number of carbonyl (C=O) groups is 1. The number of ether oxygens (including phenoxy) is 1. The number of methoxy groups -OCH3 is 1. The molecule has 0 saturated carbocycles. The van der Waals surface area contributed by atoms with Crippen molar-refractivity contribution in [3.63, 3.8) is 0 Å². The predicted molar refractivity (Wildman–Crippen MR) is 104 cm³/mol. The van der Waals surface area contributed by atoms with E-state index in [1.165, 1.54) is 4.68 Å². The Balaban J connectivity index is 1.41. The third kappa shape index (κ3) is 3.47. The second-order valence-corrected chi connectivity index (χ2v) is 6.92. The summed E-state index contributed by atoms with van der Waals surface area (Å²) in [4.78, 5) is 20.7. The minimum Gasteiger partial charge on any atom is -0.495 e. The van der Waals surface area contributed by atoms with Gasteiger partial charge in [0.2, 0.25) is 11.9 Å². The number of nitrogens with zero attached hydrogens (tertiary/aromatic N) is 5. The van der Waals surface area contributed by atoms with Gasteiger partial charge in [0.25, 0.3) is 0 Å². The molecule has 9 heteroatoms. The number of halogens is 2. The van der Waals surface area contributed by atoms with Crippen LogP contribution in [0.1, 0.15) is 0 Å². The molecule has 2 aromatic heterocycles. The van der Waals surface area contributed by atoms with E-state index in [2.05, 4.69) is 15.0 Å². The summed E-state index contributed by atoms with van der Waals surface area (Å²) in [7, 11) is 1.58. The van der Waals surface area contributed by atoms with Crippen molar-refractivity contribution in [2.45, 2.75) is 6.54 Å². The first-order valence-electron chi connectivity index (χ1n) is 8.90. The van der Waals surface area contributed by atoms with Crippen LogP contribution in [0.3, 0.4) is 0 Å². The number of piperazine rings is 1. The van der Waals surface area contributed by atoms with Gasteiger partial charge in [0.1, 0.15) is 12.3 Å². The zero-order chi connectivity index (χ0) is 19.7. The smallest absolute Gasteiger partial charge is 0.244 e.